The molecule has 0 unspecified atom stereocenters. The van der Waals surface area contributed by atoms with E-state index < -0.39 is 23.2 Å². The van der Waals surface area contributed by atoms with E-state index in [4.69, 9.17) is 16.3 Å². The van der Waals surface area contributed by atoms with Gasteiger partial charge in [-0.15, -0.1) is 0 Å². The van der Waals surface area contributed by atoms with Gasteiger partial charge >= 0.3 is 5.97 Å². The van der Waals surface area contributed by atoms with Crippen LogP contribution in [-0.4, -0.2) is 11.0 Å². The molecule has 0 amide bonds. The molecule has 98 valence electrons. The van der Waals surface area contributed by atoms with Gasteiger partial charge in [0.25, 0.3) is 0 Å². The number of hydrogen-bond acceptors (Lipinski definition) is 3. The fraction of sp³-hybridized carbons (Fsp3) is 0.0769. The van der Waals surface area contributed by atoms with Crippen molar-refractivity contribution in [2.75, 3.05) is 0 Å². The highest BCUT2D eigenvalue weighted by molar-refractivity contribution is 6.29. The lowest BCUT2D eigenvalue weighted by Crippen LogP contribution is -2.10. The van der Waals surface area contributed by atoms with Gasteiger partial charge in [0.05, 0.1) is 0 Å². The lowest BCUT2D eigenvalue weighted by atomic mass is 10.2. The zero-order valence-electron chi connectivity index (χ0n) is 9.57. The summed E-state index contributed by atoms with van der Waals surface area (Å²) < 4.78 is 31.4. The average molecular weight is 284 g/mol. The van der Waals surface area contributed by atoms with Crippen LogP contribution in [0.3, 0.4) is 0 Å². The number of esters is 1. The second-order valence-corrected chi connectivity index (χ2v) is 4.05. The number of carbonyl (C=O) groups excluding carboxylic acids is 1. The Balaban J connectivity index is 2.07. The van der Waals surface area contributed by atoms with Crippen LogP contribution < -0.4 is 0 Å². The first kappa shape index (κ1) is 13.4. The molecule has 0 N–H and O–H groups in total. The van der Waals surface area contributed by atoms with Crippen LogP contribution in [-0.2, 0) is 11.3 Å². The summed E-state index contributed by atoms with van der Waals surface area (Å²) in [5.74, 6) is -2.98. The molecule has 0 aliphatic carbocycles. The summed E-state index contributed by atoms with van der Waals surface area (Å²) in [5.41, 5.74) is -0.140. The second-order valence-electron chi connectivity index (χ2n) is 3.66. The van der Waals surface area contributed by atoms with Gasteiger partial charge in [-0.25, -0.2) is 18.6 Å². The first-order valence-corrected chi connectivity index (χ1v) is 5.67. The number of hydrogen-bond donors (Lipinski definition) is 0. The minimum Gasteiger partial charge on any atom is -0.457 e. The standard InChI is InChI=1S/C13H8ClF2NO2/c14-11-5-4-8(6-17-11)7-19-13(18)12-9(15)2-1-3-10(12)16/h1-6H,7H2. The van der Waals surface area contributed by atoms with Crippen LogP contribution in [0.15, 0.2) is 36.5 Å². The van der Waals surface area contributed by atoms with Crippen molar-refractivity contribution in [1.82, 2.24) is 4.98 Å². The van der Waals surface area contributed by atoms with Crippen molar-refractivity contribution in [2.24, 2.45) is 0 Å². The van der Waals surface area contributed by atoms with Gasteiger partial charge in [0, 0.05) is 11.8 Å². The van der Waals surface area contributed by atoms with Gasteiger partial charge in [-0.1, -0.05) is 23.7 Å². The highest BCUT2D eigenvalue weighted by Crippen LogP contribution is 2.14. The summed E-state index contributed by atoms with van der Waals surface area (Å²) in [6, 6.07) is 6.27. The molecule has 6 heteroatoms. The minimum atomic E-state index is -1.06. The maximum atomic E-state index is 13.3. The van der Waals surface area contributed by atoms with Crippen molar-refractivity contribution < 1.29 is 18.3 Å². The summed E-state index contributed by atoms with van der Waals surface area (Å²) in [6.07, 6.45) is 1.41. The lowest BCUT2D eigenvalue weighted by molar-refractivity contribution is 0.0461. The zero-order chi connectivity index (χ0) is 13.8. The van der Waals surface area contributed by atoms with Crippen LogP contribution in [0.5, 0.6) is 0 Å². The molecule has 1 heterocycles. The van der Waals surface area contributed by atoms with Crippen molar-refractivity contribution in [3.8, 4) is 0 Å². The van der Waals surface area contributed by atoms with Gasteiger partial charge < -0.3 is 4.74 Å². The maximum absolute atomic E-state index is 13.3. The number of pyridine rings is 1. The second kappa shape index (κ2) is 5.75. The third-order valence-corrected chi connectivity index (χ3v) is 2.55. The van der Waals surface area contributed by atoms with Crippen LogP contribution in [0, 0.1) is 11.6 Å². The van der Waals surface area contributed by atoms with Crippen molar-refractivity contribution in [2.45, 2.75) is 6.61 Å². The molecule has 3 nitrogen and oxygen atoms in total. The normalized spacial score (nSPS) is 10.3. The highest BCUT2D eigenvalue weighted by Gasteiger charge is 2.18. The van der Waals surface area contributed by atoms with E-state index in [2.05, 4.69) is 4.98 Å². The summed E-state index contributed by atoms with van der Waals surface area (Å²) in [5, 5.41) is 0.301. The number of benzene rings is 1. The highest BCUT2D eigenvalue weighted by atomic mass is 35.5. The Morgan fingerprint density at radius 2 is 1.89 bits per heavy atom. The molecule has 2 rings (SSSR count). The SMILES string of the molecule is O=C(OCc1ccc(Cl)nc1)c1c(F)cccc1F. The topological polar surface area (TPSA) is 39.2 Å². The predicted molar refractivity (Wildman–Crippen MR) is 64.7 cm³/mol. The van der Waals surface area contributed by atoms with E-state index in [9.17, 15) is 13.6 Å². The molecule has 0 aliphatic rings. The lowest BCUT2D eigenvalue weighted by Gasteiger charge is -2.06. The average Bonchev–Trinajstić information content (AvgIpc) is 2.38. The molecule has 1 aromatic carbocycles. The summed E-state index contributed by atoms with van der Waals surface area (Å²) in [7, 11) is 0. The van der Waals surface area contributed by atoms with Gasteiger partial charge in [-0.05, 0) is 18.2 Å². The van der Waals surface area contributed by atoms with Gasteiger partial charge in [-0.3, -0.25) is 0 Å². The summed E-state index contributed by atoms with van der Waals surface area (Å²) >= 11 is 5.59. The van der Waals surface area contributed by atoms with Gasteiger partial charge in [0.2, 0.25) is 0 Å². The molecule has 0 saturated heterocycles. The van der Waals surface area contributed by atoms with E-state index in [1.165, 1.54) is 18.3 Å². The molecular weight excluding hydrogens is 276 g/mol. The summed E-state index contributed by atoms with van der Waals surface area (Å²) in [4.78, 5) is 15.4. The molecule has 19 heavy (non-hydrogen) atoms. The predicted octanol–water partition coefficient (Wildman–Crippen LogP) is 3.37. The molecule has 0 bridgehead atoms. The van der Waals surface area contributed by atoms with E-state index in [-0.39, 0.29) is 6.61 Å². The number of carbonyl (C=O) groups is 1. The zero-order valence-corrected chi connectivity index (χ0v) is 10.3. The van der Waals surface area contributed by atoms with E-state index in [0.717, 1.165) is 12.1 Å². The van der Waals surface area contributed by atoms with Crippen LogP contribution in [0.4, 0.5) is 8.78 Å². The Morgan fingerprint density at radius 1 is 1.21 bits per heavy atom. The largest absolute Gasteiger partial charge is 0.457 e. The smallest absolute Gasteiger partial charge is 0.344 e. The number of rotatable bonds is 3. The van der Waals surface area contributed by atoms with Crippen LogP contribution >= 0.6 is 11.6 Å². The number of nitrogens with zero attached hydrogens (tertiary/aromatic N) is 1. The molecule has 2 aromatic rings. The Hall–Kier alpha value is -2.01. The fourth-order valence-electron chi connectivity index (χ4n) is 1.41. The van der Waals surface area contributed by atoms with Crippen molar-refractivity contribution in [3.05, 3.63) is 64.4 Å². The molecule has 0 fully saturated rings. The van der Waals surface area contributed by atoms with Crippen LogP contribution in [0.2, 0.25) is 5.15 Å². The van der Waals surface area contributed by atoms with Crippen molar-refractivity contribution in [1.29, 1.82) is 0 Å². The molecule has 0 saturated carbocycles. The number of halogens is 3. The molecular formula is C13H8ClF2NO2. The molecule has 0 aliphatic heterocycles. The third kappa shape index (κ3) is 3.26. The van der Waals surface area contributed by atoms with Crippen LogP contribution in [0.25, 0.3) is 0 Å². The number of ether oxygens (including phenoxy) is 1. The minimum absolute atomic E-state index is 0.142. The number of aromatic nitrogens is 1. The fourth-order valence-corrected chi connectivity index (χ4v) is 1.52. The Bertz CT molecular complexity index is 582. The first-order valence-electron chi connectivity index (χ1n) is 5.29. The monoisotopic (exact) mass is 283 g/mol. The Kier molecular flexibility index (Phi) is 4.06. The van der Waals surface area contributed by atoms with Gasteiger partial charge in [0.1, 0.15) is 29.0 Å². The van der Waals surface area contributed by atoms with Crippen molar-refractivity contribution >= 4 is 17.6 Å². The molecule has 0 atom stereocenters. The van der Waals surface area contributed by atoms with E-state index in [1.807, 2.05) is 0 Å². The van der Waals surface area contributed by atoms with E-state index in [0.29, 0.717) is 10.7 Å². The molecule has 0 radical (unpaired) electrons. The van der Waals surface area contributed by atoms with Crippen LogP contribution in [0.1, 0.15) is 15.9 Å². The van der Waals surface area contributed by atoms with E-state index >= 15 is 0 Å². The quantitative estimate of drug-likeness (QED) is 0.640. The molecule has 0 spiro atoms. The maximum Gasteiger partial charge on any atom is 0.344 e. The third-order valence-electron chi connectivity index (χ3n) is 2.33. The van der Waals surface area contributed by atoms with E-state index in [1.54, 1.807) is 6.07 Å². The van der Waals surface area contributed by atoms with Gasteiger partial charge in [0.15, 0.2) is 0 Å². The van der Waals surface area contributed by atoms with Crippen molar-refractivity contribution in [3.63, 3.8) is 0 Å². The summed E-state index contributed by atoms with van der Waals surface area (Å²) in [6.45, 7) is -0.142. The molecule has 1 aromatic heterocycles. The Morgan fingerprint density at radius 3 is 2.47 bits per heavy atom. The first-order chi connectivity index (χ1) is 9.08. The Labute approximate surface area is 112 Å². The van der Waals surface area contributed by atoms with Gasteiger partial charge in [-0.2, -0.15) is 0 Å².